The summed E-state index contributed by atoms with van der Waals surface area (Å²) in [5.41, 5.74) is 0. The van der Waals surface area contributed by atoms with Crippen LogP contribution in [-0.2, 0) is 0 Å². The Balaban J connectivity index is 1.53. The fourth-order valence-corrected chi connectivity index (χ4v) is 3.56. The summed E-state index contributed by atoms with van der Waals surface area (Å²) in [6.07, 6.45) is 1.47. The molecule has 4 heterocycles. The summed E-state index contributed by atoms with van der Waals surface area (Å²) in [7, 11) is 2.01. The number of likely N-dealkylation sites (N-methyl/N-ethyl adjacent to an activating group) is 1. The number of nitrogens with one attached hydrogen (secondary N) is 1. The van der Waals surface area contributed by atoms with Crippen LogP contribution in [-0.4, -0.2) is 64.0 Å². The monoisotopic (exact) mass is 376 g/mol. The third kappa shape index (κ3) is 3.30. The molecule has 2 aliphatic heterocycles. The summed E-state index contributed by atoms with van der Waals surface area (Å²) in [5.74, 6) is 0.0388. The first-order valence-electron chi connectivity index (χ1n) is 8.84. The molecule has 4 rings (SSSR count). The van der Waals surface area contributed by atoms with Crippen LogP contribution in [0.5, 0.6) is 0 Å². The van der Waals surface area contributed by atoms with Crippen LogP contribution >= 0.6 is 0 Å². The summed E-state index contributed by atoms with van der Waals surface area (Å²) in [4.78, 5) is 31.1. The fourth-order valence-electron chi connectivity index (χ4n) is 3.56. The van der Waals surface area contributed by atoms with Crippen molar-refractivity contribution in [1.82, 2.24) is 25.3 Å². The third-order valence-corrected chi connectivity index (χ3v) is 5.05. The number of furan rings is 1. The van der Waals surface area contributed by atoms with Crippen LogP contribution in [0.3, 0.4) is 0 Å². The molecule has 0 saturated carbocycles. The molecular weight excluding hydrogens is 356 g/mol. The van der Waals surface area contributed by atoms with Gasteiger partial charge in [-0.2, -0.15) is 4.98 Å². The molecule has 2 aromatic heterocycles. The van der Waals surface area contributed by atoms with Gasteiger partial charge in [-0.05, 0) is 26.0 Å². The normalized spacial score (nSPS) is 23.7. The van der Waals surface area contributed by atoms with Crippen molar-refractivity contribution in [1.29, 1.82) is 0 Å². The lowest BCUT2D eigenvalue weighted by molar-refractivity contribution is -0.402. The highest BCUT2D eigenvalue weighted by molar-refractivity contribution is 5.92. The maximum atomic E-state index is 12.7. The molecule has 27 heavy (non-hydrogen) atoms. The molecule has 0 spiro atoms. The number of carbonyl (C=O) groups is 1. The van der Waals surface area contributed by atoms with E-state index in [1.165, 1.54) is 12.1 Å². The lowest BCUT2D eigenvalue weighted by Crippen LogP contribution is -2.44. The zero-order valence-electron chi connectivity index (χ0n) is 14.8. The van der Waals surface area contributed by atoms with Crippen molar-refractivity contribution in [2.75, 3.05) is 33.2 Å². The standard InChI is InChI=1S/C16H20N6O5/c1-20-8-6-17-9-11(20)14-18-15(27-19-14)10-3-2-7-21(10)16(23)12-4-5-13(26-12)22(24)25/h4-5,10-11,17H,2-3,6-9H2,1H3. The number of likely N-dealkylation sites (tertiary alicyclic amines) is 1. The van der Waals surface area contributed by atoms with E-state index in [9.17, 15) is 14.9 Å². The van der Waals surface area contributed by atoms with Crippen LogP contribution in [0.1, 0.15) is 47.2 Å². The molecule has 0 radical (unpaired) electrons. The second kappa shape index (κ2) is 7.08. The molecule has 1 N–H and O–H groups in total. The smallest absolute Gasteiger partial charge is 0.395 e. The summed E-state index contributed by atoms with van der Waals surface area (Å²) >= 11 is 0. The average molecular weight is 376 g/mol. The summed E-state index contributed by atoms with van der Waals surface area (Å²) in [6.45, 7) is 3.04. The summed E-state index contributed by atoms with van der Waals surface area (Å²) in [6, 6.07) is 2.16. The van der Waals surface area contributed by atoms with E-state index in [4.69, 9.17) is 8.94 Å². The van der Waals surface area contributed by atoms with Gasteiger partial charge in [0.1, 0.15) is 11.0 Å². The number of amides is 1. The van der Waals surface area contributed by atoms with E-state index < -0.39 is 16.7 Å². The van der Waals surface area contributed by atoms with Crippen LogP contribution in [0.15, 0.2) is 21.1 Å². The van der Waals surface area contributed by atoms with Gasteiger partial charge in [-0.1, -0.05) is 5.16 Å². The SMILES string of the molecule is CN1CCNCC1c1noc(C2CCCN2C(=O)c2ccc([N+](=O)[O-])o2)n1. The highest BCUT2D eigenvalue weighted by Gasteiger charge is 2.37. The molecule has 144 valence electrons. The van der Waals surface area contributed by atoms with Gasteiger partial charge in [-0.25, -0.2) is 0 Å². The van der Waals surface area contributed by atoms with Gasteiger partial charge >= 0.3 is 5.88 Å². The van der Waals surface area contributed by atoms with Gasteiger partial charge < -0.3 is 19.2 Å². The number of hydrogen-bond donors (Lipinski definition) is 1. The molecule has 0 bridgehead atoms. The zero-order valence-corrected chi connectivity index (χ0v) is 14.8. The predicted molar refractivity (Wildman–Crippen MR) is 90.9 cm³/mol. The van der Waals surface area contributed by atoms with Crippen molar-refractivity contribution in [2.45, 2.75) is 24.9 Å². The van der Waals surface area contributed by atoms with Crippen LogP contribution in [0.4, 0.5) is 5.88 Å². The van der Waals surface area contributed by atoms with Crippen molar-refractivity contribution in [3.05, 3.63) is 39.7 Å². The Morgan fingerprint density at radius 2 is 2.22 bits per heavy atom. The Labute approximate surface area is 154 Å². The zero-order chi connectivity index (χ0) is 19.0. The molecule has 2 unspecified atom stereocenters. The molecule has 0 aliphatic carbocycles. The summed E-state index contributed by atoms with van der Waals surface area (Å²) < 4.78 is 10.5. The highest BCUT2D eigenvalue weighted by atomic mass is 16.6. The van der Waals surface area contributed by atoms with Crippen molar-refractivity contribution in [3.8, 4) is 0 Å². The van der Waals surface area contributed by atoms with Gasteiger partial charge in [0.05, 0.1) is 12.1 Å². The first-order valence-corrected chi connectivity index (χ1v) is 8.84. The van der Waals surface area contributed by atoms with Crippen molar-refractivity contribution >= 4 is 11.8 Å². The average Bonchev–Trinajstić information content (AvgIpc) is 3.40. The first kappa shape index (κ1) is 17.6. The van der Waals surface area contributed by atoms with Crippen LogP contribution in [0.25, 0.3) is 0 Å². The quantitative estimate of drug-likeness (QED) is 0.616. The Kier molecular flexibility index (Phi) is 4.62. The molecule has 2 aliphatic rings. The van der Waals surface area contributed by atoms with Crippen LogP contribution in [0.2, 0.25) is 0 Å². The molecule has 2 fully saturated rings. The van der Waals surface area contributed by atoms with E-state index in [1.807, 2.05) is 7.05 Å². The highest BCUT2D eigenvalue weighted by Crippen LogP contribution is 2.33. The fraction of sp³-hybridized carbons (Fsp3) is 0.562. The second-order valence-electron chi connectivity index (χ2n) is 6.74. The lowest BCUT2D eigenvalue weighted by Gasteiger charge is -2.30. The number of aromatic nitrogens is 2. The van der Waals surface area contributed by atoms with E-state index in [-0.39, 0.29) is 17.8 Å². The maximum Gasteiger partial charge on any atom is 0.433 e. The molecule has 1 amide bonds. The van der Waals surface area contributed by atoms with E-state index in [0.717, 1.165) is 26.1 Å². The van der Waals surface area contributed by atoms with Gasteiger partial charge in [-0.15, -0.1) is 0 Å². The number of carbonyl (C=O) groups excluding carboxylic acids is 1. The third-order valence-electron chi connectivity index (χ3n) is 5.05. The van der Waals surface area contributed by atoms with E-state index in [0.29, 0.717) is 24.7 Å². The van der Waals surface area contributed by atoms with Crippen LogP contribution in [0, 0.1) is 10.1 Å². The summed E-state index contributed by atoms with van der Waals surface area (Å²) in [5, 5.41) is 18.2. The molecule has 11 heteroatoms. The minimum Gasteiger partial charge on any atom is -0.395 e. The Hall–Kier alpha value is -2.79. The van der Waals surface area contributed by atoms with E-state index in [2.05, 4.69) is 20.4 Å². The minimum absolute atomic E-state index is 0.0227. The topological polar surface area (TPSA) is 131 Å². The second-order valence-corrected chi connectivity index (χ2v) is 6.74. The van der Waals surface area contributed by atoms with Gasteiger partial charge in [0.15, 0.2) is 11.6 Å². The molecule has 2 aromatic rings. The van der Waals surface area contributed by atoms with Gasteiger partial charge in [-0.3, -0.25) is 19.8 Å². The Morgan fingerprint density at radius 3 is 2.96 bits per heavy atom. The van der Waals surface area contributed by atoms with Crippen molar-refractivity contribution in [2.24, 2.45) is 0 Å². The number of hydrogen-bond acceptors (Lipinski definition) is 9. The molecule has 2 saturated heterocycles. The van der Waals surface area contributed by atoms with Crippen LogP contribution < -0.4 is 5.32 Å². The van der Waals surface area contributed by atoms with E-state index >= 15 is 0 Å². The minimum atomic E-state index is -0.669. The van der Waals surface area contributed by atoms with Crippen molar-refractivity contribution in [3.63, 3.8) is 0 Å². The van der Waals surface area contributed by atoms with Gasteiger partial charge in [0.25, 0.3) is 5.91 Å². The Morgan fingerprint density at radius 1 is 1.37 bits per heavy atom. The molecular formula is C16H20N6O5. The number of piperazine rings is 1. The van der Waals surface area contributed by atoms with E-state index in [1.54, 1.807) is 4.90 Å². The molecule has 2 atom stereocenters. The first-order chi connectivity index (χ1) is 13.0. The number of nitrogens with zero attached hydrogens (tertiary/aromatic N) is 5. The Bertz CT molecular complexity index is 848. The lowest BCUT2D eigenvalue weighted by atomic mass is 10.2. The van der Waals surface area contributed by atoms with Gasteiger partial charge in [0, 0.05) is 26.2 Å². The number of nitro groups is 1. The predicted octanol–water partition coefficient (Wildman–Crippen LogP) is 1.12. The molecule has 0 aromatic carbocycles. The van der Waals surface area contributed by atoms with Crippen molar-refractivity contribution < 1.29 is 18.7 Å². The molecule has 11 nitrogen and oxygen atoms in total. The number of rotatable bonds is 4. The van der Waals surface area contributed by atoms with Gasteiger partial charge in [0.2, 0.25) is 5.89 Å². The largest absolute Gasteiger partial charge is 0.433 e. The maximum absolute atomic E-state index is 12.7.